The van der Waals surface area contributed by atoms with Crippen LogP contribution < -0.4 is 0 Å². The van der Waals surface area contributed by atoms with Crippen molar-refractivity contribution < 1.29 is 9.73 Å². The Hall–Kier alpha value is -1.57. The minimum atomic E-state index is 0. The number of halogens is 1. The third-order valence-electron chi connectivity index (χ3n) is 3.29. The summed E-state index contributed by atoms with van der Waals surface area (Å²) in [6.07, 6.45) is 0. The highest BCUT2D eigenvalue weighted by atomic mass is 35.5. The van der Waals surface area contributed by atoms with Crippen molar-refractivity contribution in [2.75, 3.05) is 25.4 Å². The fourth-order valence-corrected chi connectivity index (χ4v) is 2.76. The fourth-order valence-electron chi connectivity index (χ4n) is 1.99. The molecule has 0 saturated heterocycles. The molecule has 126 valence electrons. The molecule has 0 amide bonds. The van der Waals surface area contributed by atoms with E-state index in [4.69, 9.17) is 4.52 Å². The van der Waals surface area contributed by atoms with Gasteiger partial charge in [-0.15, -0.1) is 12.4 Å². The van der Waals surface area contributed by atoms with Crippen LogP contribution >= 0.6 is 24.2 Å². The van der Waals surface area contributed by atoms with Crippen molar-refractivity contribution in [3.05, 3.63) is 41.8 Å². The monoisotopic (exact) mass is 356 g/mol. The zero-order chi connectivity index (χ0) is 15.8. The number of hydrogen-bond donors (Lipinski definition) is 1. The van der Waals surface area contributed by atoms with Gasteiger partial charge < -0.3 is 14.6 Å². The molecule has 0 atom stereocenters. The van der Waals surface area contributed by atoms with E-state index in [9.17, 15) is 5.21 Å². The van der Waals surface area contributed by atoms with Gasteiger partial charge in [-0.3, -0.25) is 0 Å². The number of oxime groups is 1. The van der Waals surface area contributed by atoms with Gasteiger partial charge in [0.15, 0.2) is 5.71 Å². The molecule has 0 spiro atoms. The van der Waals surface area contributed by atoms with Crippen LogP contribution in [0.15, 0.2) is 45.2 Å². The molecule has 23 heavy (non-hydrogen) atoms. The van der Waals surface area contributed by atoms with Gasteiger partial charge in [0.1, 0.15) is 0 Å². The number of hydrogen-bond acceptors (Lipinski definition) is 7. The topological polar surface area (TPSA) is 74.8 Å². The first-order valence-corrected chi connectivity index (χ1v) is 8.23. The van der Waals surface area contributed by atoms with Gasteiger partial charge in [0.2, 0.25) is 5.16 Å². The van der Waals surface area contributed by atoms with Gasteiger partial charge in [-0.2, -0.15) is 4.98 Å². The Morgan fingerprint density at radius 2 is 1.96 bits per heavy atom. The molecule has 1 aromatic carbocycles. The number of rotatable bonds is 8. The minimum absolute atomic E-state index is 0. The van der Waals surface area contributed by atoms with Gasteiger partial charge in [0, 0.05) is 17.9 Å². The fraction of sp³-hybridized carbons (Fsp3) is 0.400. The average molecular weight is 357 g/mol. The lowest BCUT2D eigenvalue weighted by molar-refractivity contribution is 0.316. The molecular weight excluding hydrogens is 336 g/mol. The third kappa shape index (κ3) is 5.53. The van der Waals surface area contributed by atoms with E-state index >= 15 is 0 Å². The van der Waals surface area contributed by atoms with Crippen LogP contribution in [0, 0.1) is 0 Å². The van der Waals surface area contributed by atoms with E-state index in [2.05, 4.69) is 34.0 Å². The normalized spacial score (nSPS) is 11.5. The Kier molecular flexibility index (Phi) is 8.68. The summed E-state index contributed by atoms with van der Waals surface area (Å²) in [5, 5.41) is 17.0. The highest BCUT2D eigenvalue weighted by molar-refractivity contribution is 7.99. The zero-order valence-electron chi connectivity index (χ0n) is 13.2. The van der Waals surface area contributed by atoms with Crippen LogP contribution in [0.1, 0.15) is 25.3 Å². The molecule has 0 aliphatic carbocycles. The maximum atomic E-state index is 9.20. The molecule has 0 unspecified atom stereocenters. The average Bonchev–Trinajstić information content (AvgIpc) is 3.02. The lowest BCUT2D eigenvalue weighted by Crippen LogP contribution is -2.25. The maximum Gasteiger partial charge on any atom is 0.281 e. The molecule has 1 heterocycles. The van der Waals surface area contributed by atoms with Crippen LogP contribution in [0.2, 0.25) is 0 Å². The van der Waals surface area contributed by atoms with Gasteiger partial charge in [-0.1, -0.05) is 61.1 Å². The molecule has 0 fully saturated rings. The lowest BCUT2D eigenvalue weighted by atomic mass is 10.1. The predicted octanol–water partition coefficient (Wildman–Crippen LogP) is 3.15. The molecule has 6 nitrogen and oxygen atoms in total. The molecule has 2 rings (SSSR count). The van der Waals surface area contributed by atoms with Crippen LogP contribution in [0.5, 0.6) is 0 Å². The number of thioether (sulfide) groups is 1. The summed E-state index contributed by atoms with van der Waals surface area (Å²) >= 11 is 1.53. The Labute approximate surface area is 146 Å². The molecule has 0 radical (unpaired) electrons. The largest absolute Gasteiger partial charge is 0.410 e. The summed E-state index contributed by atoms with van der Waals surface area (Å²) in [4.78, 5) is 6.61. The van der Waals surface area contributed by atoms with Crippen molar-refractivity contribution in [2.24, 2.45) is 5.16 Å². The third-order valence-corrected chi connectivity index (χ3v) is 4.10. The van der Waals surface area contributed by atoms with Crippen LogP contribution in [-0.2, 0) is 0 Å². The van der Waals surface area contributed by atoms with E-state index in [0.717, 1.165) is 31.0 Å². The molecule has 1 N–H and O–H groups in total. The predicted molar refractivity (Wildman–Crippen MR) is 93.9 cm³/mol. The van der Waals surface area contributed by atoms with Gasteiger partial charge in [0.25, 0.3) is 5.89 Å². The highest BCUT2D eigenvalue weighted by Crippen LogP contribution is 2.16. The Balaban J connectivity index is 0.00000264. The minimum Gasteiger partial charge on any atom is -0.410 e. The van der Waals surface area contributed by atoms with E-state index < -0.39 is 0 Å². The van der Waals surface area contributed by atoms with E-state index in [1.54, 1.807) is 0 Å². The quantitative estimate of drug-likeness (QED) is 0.339. The van der Waals surface area contributed by atoms with E-state index in [0.29, 0.717) is 5.16 Å². The van der Waals surface area contributed by atoms with Crippen LogP contribution in [0.3, 0.4) is 0 Å². The van der Waals surface area contributed by atoms with Crippen LogP contribution in [-0.4, -0.2) is 51.3 Å². The Bertz CT molecular complexity index is 603. The first kappa shape index (κ1) is 19.5. The second kappa shape index (κ2) is 10.3. The molecule has 8 heteroatoms. The van der Waals surface area contributed by atoms with E-state index in [-0.39, 0.29) is 24.0 Å². The zero-order valence-corrected chi connectivity index (χ0v) is 14.8. The summed E-state index contributed by atoms with van der Waals surface area (Å²) < 4.78 is 5.20. The van der Waals surface area contributed by atoms with Crippen molar-refractivity contribution in [1.82, 2.24) is 15.0 Å². The SMILES string of the molecule is CCN(CC)CCSc1noc(C(=NO)c2ccccc2)n1.Cl. The van der Waals surface area contributed by atoms with E-state index in [1.807, 2.05) is 30.3 Å². The number of benzene rings is 1. The van der Waals surface area contributed by atoms with Crippen LogP contribution in [0.25, 0.3) is 0 Å². The van der Waals surface area contributed by atoms with Crippen LogP contribution in [0.4, 0.5) is 0 Å². The second-order valence-corrected chi connectivity index (χ2v) is 5.63. The molecule has 0 aliphatic rings. The van der Waals surface area contributed by atoms with Crippen molar-refractivity contribution in [1.29, 1.82) is 0 Å². The molecule has 0 bridgehead atoms. The summed E-state index contributed by atoms with van der Waals surface area (Å²) in [6.45, 7) is 7.32. The van der Waals surface area contributed by atoms with Crippen molar-refractivity contribution in [3.63, 3.8) is 0 Å². The standard InChI is InChI=1S/C15H20N4O2S.ClH/c1-3-19(4-2)10-11-22-15-16-14(21-18-15)13(17-20)12-8-6-5-7-9-12;/h5-9,20H,3-4,10-11H2,1-2H3;1H. The smallest absolute Gasteiger partial charge is 0.281 e. The summed E-state index contributed by atoms with van der Waals surface area (Å²) in [5.41, 5.74) is 1.01. The lowest BCUT2D eigenvalue weighted by Gasteiger charge is -2.16. The Morgan fingerprint density at radius 1 is 1.26 bits per heavy atom. The van der Waals surface area contributed by atoms with Crippen molar-refractivity contribution in [2.45, 2.75) is 19.0 Å². The first-order chi connectivity index (χ1) is 10.8. The van der Waals surface area contributed by atoms with Crippen molar-refractivity contribution in [3.8, 4) is 0 Å². The summed E-state index contributed by atoms with van der Waals surface area (Å²) in [5.74, 6) is 1.11. The molecule has 0 aliphatic heterocycles. The second-order valence-electron chi connectivity index (χ2n) is 4.57. The van der Waals surface area contributed by atoms with Gasteiger partial charge in [-0.05, 0) is 18.2 Å². The Morgan fingerprint density at radius 3 is 2.57 bits per heavy atom. The molecule has 2 aromatic rings. The molecular formula is C15H21ClN4O2S. The summed E-state index contributed by atoms with van der Waals surface area (Å²) in [7, 11) is 0. The molecule has 0 saturated carbocycles. The van der Waals surface area contributed by atoms with E-state index in [1.165, 1.54) is 11.8 Å². The maximum absolute atomic E-state index is 9.20. The van der Waals surface area contributed by atoms with Crippen molar-refractivity contribution >= 4 is 29.9 Å². The van der Waals surface area contributed by atoms with Gasteiger partial charge in [0.05, 0.1) is 0 Å². The first-order valence-electron chi connectivity index (χ1n) is 7.25. The highest BCUT2D eigenvalue weighted by Gasteiger charge is 2.16. The van der Waals surface area contributed by atoms with Gasteiger partial charge in [-0.25, -0.2) is 0 Å². The summed E-state index contributed by atoms with van der Waals surface area (Å²) in [6, 6.07) is 9.26. The molecule has 1 aromatic heterocycles. The van der Waals surface area contributed by atoms with Gasteiger partial charge >= 0.3 is 0 Å². The number of nitrogens with zero attached hydrogens (tertiary/aromatic N) is 4. The number of aromatic nitrogens is 2.